The lowest BCUT2D eigenvalue weighted by molar-refractivity contribution is -0.132. The van der Waals surface area contributed by atoms with Crippen LogP contribution in [0.5, 0.6) is 0 Å². The lowest BCUT2D eigenvalue weighted by atomic mass is 10.0. The highest BCUT2D eigenvalue weighted by Gasteiger charge is 2.27. The largest absolute Gasteiger partial charge is 0.390 e. The summed E-state index contributed by atoms with van der Waals surface area (Å²) in [7, 11) is 1.62. The fourth-order valence-electron chi connectivity index (χ4n) is 2.13. The van der Waals surface area contributed by atoms with E-state index in [1.807, 2.05) is 18.2 Å². The summed E-state index contributed by atoms with van der Waals surface area (Å²) in [4.78, 5) is 1.57. The molecular formula is C15H13F3N2. The second-order valence-corrected chi connectivity index (χ2v) is 4.58. The number of fused-ring (bicyclic) bond motifs is 1. The van der Waals surface area contributed by atoms with Crippen molar-refractivity contribution in [3.05, 3.63) is 42.0 Å². The third kappa shape index (κ3) is 3.02. The molecule has 0 unspecified atom stereocenters. The molecule has 0 heterocycles. The van der Waals surface area contributed by atoms with Gasteiger partial charge in [0.15, 0.2) is 0 Å². The van der Waals surface area contributed by atoms with Gasteiger partial charge < -0.3 is 4.90 Å². The van der Waals surface area contributed by atoms with E-state index >= 15 is 0 Å². The lowest BCUT2D eigenvalue weighted by Crippen LogP contribution is -2.24. The quantitative estimate of drug-likeness (QED) is 0.845. The first kappa shape index (κ1) is 14.2. The Bertz CT molecular complexity index is 656. The van der Waals surface area contributed by atoms with Gasteiger partial charge in [-0.25, -0.2) is 0 Å². The van der Waals surface area contributed by atoms with Crippen LogP contribution in [-0.2, 0) is 0 Å². The summed E-state index contributed by atoms with van der Waals surface area (Å²) < 4.78 is 36.9. The van der Waals surface area contributed by atoms with Crippen molar-refractivity contribution in [1.82, 2.24) is 0 Å². The molecular weight excluding hydrogens is 265 g/mol. The predicted molar refractivity (Wildman–Crippen MR) is 72.6 cm³/mol. The Balaban J connectivity index is 2.38. The number of benzene rings is 2. The molecule has 20 heavy (non-hydrogen) atoms. The van der Waals surface area contributed by atoms with Gasteiger partial charge in [-0.3, -0.25) is 0 Å². The van der Waals surface area contributed by atoms with Crippen molar-refractivity contribution < 1.29 is 13.2 Å². The molecule has 0 spiro atoms. The molecule has 0 aliphatic heterocycles. The Morgan fingerprint density at radius 2 is 1.75 bits per heavy atom. The van der Waals surface area contributed by atoms with E-state index in [9.17, 15) is 13.2 Å². The van der Waals surface area contributed by atoms with E-state index in [4.69, 9.17) is 5.26 Å². The van der Waals surface area contributed by atoms with Gasteiger partial charge >= 0.3 is 6.18 Å². The number of rotatable bonds is 3. The van der Waals surface area contributed by atoms with Gasteiger partial charge in [-0.15, -0.1) is 0 Å². The first-order valence-corrected chi connectivity index (χ1v) is 6.12. The standard InChI is InChI=1S/C15H13F3N2/c1-20(9-8-15(16,17)18)14-7-6-11(10-19)12-4-2-3-5-13(12)14/h2-7H,8-9H2,1H3. The SMILES string of the molecule is CN(CCC(F)(F)F)c1ccc(C#N)c2ccccc12. The zero-order valence-electron chi connectivity index (χ0n) is 10.9. The maximum absolute atomic E-state index is 12.3. The van der Waals surface area contributed by atoms with Gasteiger partial charge in [-0.2, -0.15) is 18.4 Å². The number of hydrogen-bond acceptors (Lipinski definition) is 2. The van der Waals surface area contributed by atoms with Gasteiger partial charge in [0.25, 0.3) is 0 Å². The average molecular weight is 278 g/mol. The number of alkyl halides is 3. The Morgan fingerprint density at radius 3 is 2.35 bits per heavy atom. The van der Waals surface area contributed by atoms with E-state index in [0.29, 0.717) is 11.3 Å². The molecule has 0 fully saturated rings. The first-order valence-electron chi connectivity index (χ1n) is 6.12. The van der Waals surface area contributed by atoms with Gasteiger partial charge in [-0.05, 0) is 12.1 Å². The molecule has 0 aromatic heterocycles. The normalized spacial score (nSPS) is 11.3. The Hall–Kier alpha value is -2.22. The summed E-state index contributed by atoms with van der Waals surface area (Å²) >= 11 is 0. The number of halogens is 3. The molecule has 0 saturated heterocycles. The van der Waals surface area contributed by atoms with E-state index in [1.54, 1.807) is 30.1 Å². The van der Waals surface area contributed by atoms with E-state index in [1.165, 1.54) is 0 Å². The summed E-state index contributed by atoms with van der Waals surface area (Å²) in [5.74, 6) is 0. The van der Waals surface area contributed by atoms with Crippen LogP contribution in [0.25, 0.3) is 10.8 Å². The molecule has 0 aliphatic rings. The molecule has 0 aliphatic carbocycles. The molecule has 0 bridgehead atoms. The average Bonchev–Trinajstić information content (AvgIpc) is 2.42. The second kappa shape index (κ2) is 5.41. The van der Waals surface area contributed by atoms with Crippen molar-refractivity contribution in [1.29, 1.82) is 5.26 Å². The number of nitrogens with zero attached hydrogens (tertiary/aromatic N) is 2. The molecule has 2 nitrogen and oxygen atoms in total. The van der Waals surface area contributed by atoms with Crippen LogP contribution >= 0.6 is 0 Å². The van der Waals surface area contributed by atoms with Crippen LogP contribution in [0.2, 0.25) is 0 Å². The van der Waals surface area contributed by atoms with E-state index in [-0.39, 0.29) is 6.54 Å². The van der Waals surface area contributed by atoms with Crippen molar-refractivity contribution >= 4 is 16.5 Å². The van der Waals surface area contributed by atoms with Crippen LogP contribution in [0, 0.1) is 11.3 Å². The third-order valence-electron chi connectivity index (χ3n) is 3.16. The molecule has 5 heteroatoms. The predicted octanol–water partition coefficient (Wildman–Crippen LogP) is 4.10. The zero-order valence-corrected chi connectivity index (χ0v) is 10.9. The fourth-order valence-corrected chi connectivity index (χ4v) is 2.13. The second-order valence-electron chi connectivity index (χ2n) is 4.58. The van der Waals surface area contributed by atoms with Crippen molar-refractivity contribution in [2.24, 2.45) is 0 Å². The molecule has 0 N–H and O–H groups in total. The number of anilines is 1. The van der Waals surface area contributed by atoms with Crippen LogP contribution < -0.4 is 4.90 Å². The molecule has 0 saturated carbocycles. The highest BCUT2D eigenvalue weighted by molar-refractivity contribution is 5.97. The maximum Gasteiger partial charge on any atom is 0.390 e. The molecule has 2 rings (SSSR count). The monoisotopic (exact) mass is 278 g/mol. The Morgan fingerprint density at radius 1 is 1.10 bits per heavy atom. The molecule has 104 valence electrons. The van der Waals surface area contributed by atoms with Gasteiger partial charge in [0, 0.05) is 30.1 Å². The van der Waals surface area contributed by atoms with E-state index in [0.717, 1.165) is 10.8 Å². The summed E-state index contributed by atoms with van der Waals surface area (Å²) in [6.45, 7) is -0.112. The van der Waals surface area contributed by atoms with Crippen LogP contribution in [-0.4, -0.2) is 19.8 Å². The molecule has 2 aromatic carbocycles. The molecule has 0 atom stereocenters. The minimum Gasteiger partial charge on any atom is -0.374 e. The summed E-state index contributed by atoms with van der Waals surface area (Å²) in [5, 5.41) is 10.6. The minimum atomic E-state index is -4.17. The summed E-state index contributed by atoms with van der Waals surface area (Å²) in [6.07, 6.45) is -5.03. The third-order valence-corrected chi connectivity index (χ3v) is 3.16. The minimum absolute atomic E-state index is 0.112. The molecule has 2 aromatic rings. The van der Waals surface area contributed by atoms with Crippen LogP contribution in [0.15, 0.2) is 36.4 Å². The van der Waals surface area contributed by atoms with Crippen molar-refractivity contribution in [2.75, 3.05) is 18.5 Å². The van der Waals surface area contributed by atoms with E-state index < -0.39 is 12.6 Å². The highest BCUT2D eigenvalue weighted by atomic mass is 19.4. The maximum atomic E-state index is 12.3. The number of hydrogen-bond donors (Lipinski definition) is 0. The molecule has 0 amide bonds. The summed E-state index contributed by atoms with van der Waals surface area (Å²) in [5.41, 5.74) is 1.22. The Kier molecular flexibility index (Phi) is 3.84. The van der Waals surface area contributed by atoms with Crippen molar-refractivity contribution in [3.8, 4) is 6.07 Å². The van der Waals surface area contributed by atoms with Gasteiger partial charge in [-0.1, -0.05) is 24.3 Å². The van der Waals surface area contributed by atoms with Crippen molar-refractivity contribution in [3.63, 3.8) is 0 Å². The van der Waals surface area contributed by atoms with Crippen LogP contribution in [0.4, 0.5) is 18.9 Å². The first-order chi connectivity index (χ1) is 9.42. The number of nitriles is 1. The van der Waals surface area contributed by atoms with Gasteiger partial charge in [0.1, 0.15) is 0 Å². The van der Waals surface area contributed by atoms with Crippen LogP contribution in [0.1, 0.15) is 12.0 Å². The lowest BCUT2D eigenvalue weighted by Gasteiger charge is -2.22. The van der Waals surface area contributed by atoms with Gasteiger partial charge in [0.05, 0.1) is 18.1 Å². The van der Waals surface area contributed by atoms with Crippen LogP contribution in [0.3, 0.4) is 0 Å². The smallest absolute Gasteiger partial charge is 0.374 e. The van der Waals surface area contributed by atoms with E-state index in [2.05, 4.69) is 6.07 Å². The fraction of sp³-hybridized carbons (Fsp3) is 0.267. The Labute approximate surface area is 115 Å². The highest BCUT2D eigenvalue weighted by Crippen LogP contribution is 2.29. The van der Waals surface area contributed by atoms with Gasteiger partial charge in [0.2, 0.25) is 0 Å². The zero-order chi connectivity index (χ0) is 14.8. The molecule has 0 radical (unpaired) electrons. The topological polar surface area (TPSA) is 27.0 Å². The summed E-state index contributed by atoms with van der Waals surface area (Å²) in [6, 6.07) is 12.7. The van der Waals surface area contributed by atoms with Crippen molar-refractivity contribution in [2.45, 2.75) is 12.6 Å².